The van der Waals surface area contributed by atoms with Gasteiger partial charge in [-0.25, -0.2) is 9.97 Å². The number of oxazole rings is 1. The van der Waals surface area contributed by atoms with Crippen LogP contribution >= 0.6 is 22.9 Å². The fraction of sp³-hybridized carbons (Fsp3) is 0.0625. The zero-order valence-corrected chi connectivity index (χ0v) is 13.3. The van der Waals surface area contributed by atoms with Gasteiger partial charge >= 0.3 is 0 Å². The number of rotatable bonds is 3. The van der Waals surface area contributed by atoms with Crippen LogP contribution in [0, 0.1) is 0 Å². The number of fused-ring (bicyclic) bond motifs is 1. The van der Waals surface area contributed by atoms with Gasteiger partial charge in [0.1, 0.15) is 11.1 Å². The molecule has 4 aromatic rings. The van der Waals surface area contributed by atoms with E-state index in [1.54, 1.807) is 24.5 Å². The molecule has 0 fully saturated rings. The number of thiophene rings is 1. The summed E-state index contributed by atoms with van der Waals surface area (Å²) in [6.07, 6.45) is 3.08. The molecule has 7 heteroatoms. The van der Waals surface area contributed by atoms with Crippen molar-refractivity contribution < 1.29 is 4.42 Å². The predicted molar refractivity (Wildman–Crippen MR) is 89.9 cm³/mol. The van der Waals surface area contributed by atoms with Crippen LogP contribution in [0.1, 0.15) is 5.69 Å². The maximum absolute atomic E-state index is 12.4. The Bertz CT molecular complexity index is 1050. The van der Waals surface area contributed by atoms with E-state index in [4.69, 9.17) is 16.0 Å². The molecule has 0 aliphatic heterocycles. The molecule has 0 unspecified atom stereocenters. The van der Waals surface area contributed by atoms with Crippen LogP contribution in [0.25, 0.3) is 21.7 Å². The maximum atomic E-state index is 12.4. The normalized spacial score (nSPS) is 11.2. The minimum absolute atomic E-state index is 0.0800. The number of halogens is 1. The topological polar surface area (TPSA) is 60.9 Å². The molecule has 0 aliphatic carbocycles. The Labute approximate surface area is 139 Å². The highest BCUT2D eigenvalue weighted by Crippen LogP contribution is 2.22. The summed E-state index contributed by atoms with van der Waals surface area (Å²) in [6, 6.07) is 9.05. The fourth-order valence-corrected chi connectivity index (χ4v) is 3.23. The van der Waals surface area contributed by atoms with Gasteiger partial charge in [-0.15, -0.1) is 11.3 Å². The van der Waals surface area contributed by atoms with Crippen LogP contribution in [0.15, 0.2) is 57.5 Å². The second kappa shape index (κ2) is 5.64. The SMILES string of the molecule is O=c1c2ccsc2ncn1Cc1coc(-c2cccc(Cl)c2)n1. The Hall–Kier alpha value is -2.44. The van der Waals surface area contributed by atoms with Crippen molar-refractivity contribution in [3.05, 3.63) is 69.4 Å². The standard InChI is InChI=1S/C16H10ClN3O2S/c17-11-3-1-2-10(6-11)14-19-12(8-22-14)7-20-9-18-15-13(16(20)21)4-5-23-15/h1-6,8-9H,7H2. The summed E-state index contributed by atoms with van der Waals surface area (Å²) in [6.45, 7) is 0.307. The van der Waals surface area contributed by atoms with E-state index in [1.807, 2.05) is 17.5 Å². The molecule has 5 nitrogen and oxygen atoms in total. The molecule has 0 saturated heterocycles. The lowest BCUT2D eigenvalue weighted by atomic mass is 10.2. The number of hydrogen-bond donors (Lipinski definition) is 0. The minimum Gasteiger partial charge on any atom is -0.444 e. The van der Waals surface area contributed by atoms with Gasteiger partial charge in [-0.1, -0.05) is 17.7 Å². The molecule has 0 spiro atoms. The molecule has 23 heavy (non-hydrogen) atoms. The van der Waals surface area contributed by atoms with Crippen LogP contribution in [-0.4, -0.2) is 14.5 Å². The molecule has 3 heterocycles. The first-order valence-electron chi connectivity index (χ1n) is 6.84. The second-order valence-corrected chi connectivity index (χ2v) is 6.30. The molecule has 0 N–H and O–H groups in total. The van der Waals surface area contributed by atoms with Crippen LogP contribution in [-0.2, 0) is 6.54 Å². The van der Waals surface area contributed by atoms with Gasteiger partial charge in [-0.2, -0.15) is 0 Å². The fourth-order valence-electron chi connectivity index (χ4n) is 2.31. The number of hydrogen-bond acceptors (Lipinski definition) is 5. The number of aromatic nitrogens is 3. The zero-order chi connectivity index (χ0) is 15.8. The van der Waals surface area contributed by atoms with Gasteiger partial charge in [0.25, 0.3) is 5.56 Å². The van der Waals surface area contributed by atoms with Crippen LogP contribution in [0.5, 0.6) is 0 Å². The lowest BCUT2D eigenvalue weighted by Crippen LogP contribution is -2.20. The van der Waals surface area contributed by atoms with Crippen molar-refractivity contribution in [3.8, 4) is 11.5 Å². The quantitative estimate of drug-likeness (QED) is 0.567. The Morgan fingerprint density at radius 1 is 1.30 bits per heavy atom. The summed E-state index contributed by atoms with van der Waals surface area (Å²) in [5.41, 5.74) is 1.37. The van der Waals surface area contributed by atoms with Crippen LogP contribution < -0.4 is 5.56 Å². The van der Waals surface area contributed by atoms with E-state index in [0.29, 0.717) is 28.5 Å². The van der Waals surface area contributed by atoms with E-state index >= 15 is 0 Å². The molecule has 0 bridgehead atoms. The summed E-state index contributed by atoms with van der Waals surface area (Å²) in [5, 5.41) is 3.10. The van der Waals surface area contributed by atoms with E-state index in [1.165, 1.54) is 22.2 Å². The molecular formula is C16H10ClN3O2S. The highest BCUT2D eigenvalue weighted by atomic mass is 35.5. The summed E-state index contributed by atoms with van der Waals surface area (Å²) < 4.78 is 7.01. The van der Waals surface area contributed by atoms with Crippen molar-refractivity contribution in [2.24, 2.45) is 0 Å². The average Bonchev–Trinajstić information content (AvgIpc) is 3.20. The van der Waals surface area contributed by atoms with Crippen molar-refractivity contribution in [3.63, 3.8) is 0 Å². The lowest BCUT2D eigenvalue weighted by molar-refractivity contribution is 0.571. The largest absolute Gasteiger partial charge is 0.444 e. The molecule has 0 atom stereocenters. The van der Waals surface area contributed by atoms with Crippen LogP contribution in [0.3, 0.4) is 0 Å². The predicted octanol–water partition coefficient (Wildman–Crippen LogP) is 3.81. The minimum atomic E-state index is -0.0800. The zero-order valence-electron chi connectivity index (χ0n) is 11.8. The van der Waals surface area contributed by atoms with Gasteiger partial charge in [-0.3, -0.25) is 9.36 Å². The highest BCUT2D eigenvalue weighted by Gasteiger charge is 2.10. The number of benzene rings is 1. The average molecular weight is 344 g/mol. The van der Waals surface area contributed by atoms with Crippen molar-refractivity contribution in [2.75, 3.05) is 0 Å². The van der Waals surface area contributed by atoms with E-state index < -0.39 is 0 Å². The van der Waals surface area contributed by atoms with Gasteiger partial charge in [0.2, 0.25) is 5.89 Å². The van der Waals surface area contributed by atoms with Gasteiger partial charge in [0.05, 0.1) is 24.0 Å². The molecule has 4 rings (SSSR count). The molecule has 0 amide bonds. The lowest BCUT2D eigenvalue weighted by Gasteiger charge is -2.01. The van der Waals surface area contributed by atoms with Crippen LogP contribution in [0.2, 0.25) is 5.02 Å². The Morgan fingerprint density at radius 2 is 2.22 bits per heavy atom. The molecule has 3 aromatic heterocycles. The number of nitrogens with zero attached hydrogens (tertiary/aromatic N) is 3. The highest BCUT2D eigenvalue weighted by molar-refractivity contribution is 7.16. The van der Waals surface area contributed by atoms with E-state index in [2.05, 4.69) is 9.97 Å². The molecular weight excluding hydrogens is 334 g/mol. The second-order valence-electron chi connectivity index (χ2n) is 4.97. The molecule has 114 valence electrons. The first-order chi connectivity index (χ1) is 11.2. The third kappa shape index (κ3) is 2.67. The van der Waals surface area contributed by atoms with Gasteiger partial charge in [0.15, 0.2) is 0 Å². The monoisotopic (exact) mass is 343 g/mol. The van der Waals surface area contributed by atoms with E-state index in [0.717, 1.165) is 10.4 Å². The summed E-state index contributed by atoms with van der Waals surface area (Å²) in [5.74, 6) is 0.472. The summed E-state index contributed by atoms with van der Waals surface area (Å²) >= 11 is 7.42. The van der Waals surface area contributed by atoms with E-state index in [-0.39, 0.29) is 5.56 Å². The Balaban J connectivity index is 1.66. The van der Waals surface area contributed by atoms with Crippen molar-refractivity contribution in [2.45, 2.75) is 6.54 Å². The Morgan fingerprint density at radius 3 is 3.09 bits per heavy atom. The van der Waals surface area contributed by atoms with E-state index in [9.17, 15) is 4.79 Å². The molecule has 0 aliphatic rings. The molecule has 0 radical (unpaired) electrons. The Kier molecular flexibility index (Phi) is 3.48. The smallest absolute Gasteiger partial charge is 0.262 e. The summed E-state index contributed by atoms with van der Waals surface area (Å²) in [7, 11) is 0. The van der Waals surface area contributed by atoms with Gasteiger partial charge < -0.3 is 4.42 Å². The third-order valence-corrected chi connectivity index (χ3v) is 4.46. The van der Waals surface area contributed by atoms with Gasteiger partial charge in [-0.05, 0) is 29.6 Å². The maximum Gasteiger partial charge on any atom is 0.262 e. The van der Waals surface area contributed by atoms with Crippen molar-refractivity contribution in [1.82, 2.24) is 14.5 Å². The van der Waals surface area contributed by atoms with Crippen molar-refractivity contribution in [1.29, 1.82) is 0 Å². The van der Waals surface area contributed by atoms with Crippen LogP contribution in [0.4, 0.5) is 0 Å². The third-order valence-electron chi connectivity index (χ3n) is 3.41. The summed E-state index contributed by atoms with van der Waals surface area (Å²) in [4.78, 5) is 21.8. The first-order valence-corrected chi connectivity index (χ1v) is 8.09. The first kappa shape index (κ1) is 14.2. The van der Waals surface area contributed by atoms with Gasteiger partial charge in [0, 0.05) is 10.6 Å². The molecule has 0 saturated carbocycles. The van der Waals surface area contributed by atoms with Crippen molar-refractivity contribution >= 4 is 33.2 Å². The molecule has 1 aromatic carbocycles.